The number of nitrogens with zero attached hydrogens (tertiary/aromatic N) is 2. The van der Waals surface area contributed by atoms with Gasteiger partial charge in [-0.2, -0.15) is 10.3 Å². The number of amides is 1. The number of nitrogens with two attached hydrogens (primary N) is 1. The van der Waals surface area contributed by atoms with Gasteiger partial charge in [-0.25, -0.2) is 4.79 Å². The van der Waals surface area contributed by atoms with Gasteiger partial charge in [0, 0.05) is 0 Å². The smallest absolute Gasteiger partial charge is 0.358 e. The van der Waals surface area contributed by atoms with Crippen LogP contribution in [0.1, 0.15) is 16.2 Å². The van der Waals surface area contributed by atoms with Crippen LogP contribution in [0.2, 0.25) is 0 Å². The Hall–Kier alpha value is -1.92. The van der Waals surface area contributed by atoms with Crippen LogP contribution in [0.3, 0.4) is 0 Å². The highest BCUT2D eigenvalue weighted by Crippen LogP contribution is 2.00. The summed E-state index contributed by atoms with van der Waals surface area (Å²) in [5.41, 5.74) is 4.62. The fourth-order valence-corrected chi connectivity index (χ4v) is 0.712. The zero-order valence-corrected chi connectivity index (χ0v) is 5.94. The summed E-state index contributed by atoms with van der Waals surface area (Å²) in [7, 11) is 0. The molecule has 0 bridgehead atoms. The number of hydrogen-bond acceptors (Lipinski definition) is 4. The van der Waals surface area contributed by atoms with Gasteiger partial charge in [0.15, 0.2) is 5.69 Å². The van der Waals surface area contributed by atoms with E-state index in [1.807, 2.05) is 0 Å². The quantitative estimate of drug-likeness (QED) is 0.511. The van der Waals surface area contributed by atoms with E-state index in [0.29, 0.717) is 0 Å². The predicted molar refractivity (Wildman–Crippen MR) is 36.2 cm³/mol. The highest BCUT2D eigenvalue weighted by molar-refractivity contribution is 5.88. The molecule has 0 aliphatic rings. The number of carboxylic acid groups (broad SMARTS) is 1. The first kappa shape index (κ1) is 8.18. The number of hydrogen-bond donors (Lipinski definition) is 3. The summed E-state index contributed by atoms with van der Waals surface area (Å²) < 4.78 is 0. The fraction of sp³-hybridized carbons (Fsp3) is 0.200. The molecular weight excluding hydrogens is 164 g/mol. The summed E-state index contributed by atoms with van der Waals surface area (Å²) >= 11 is 0. The Balaban J connectivity index is 2.91. The first-order valence-electron chi connectivity index (χ1n) is 3.02. The van der Waals surface area contributed by atoms with Gasteiger partial charge < -0.3 is 10.8 Å². The number of rotatable bonds is 3. The van der Waals surface area contributed by atoms with Gasteiger partial charge in [0.1, 0.15) is 5.69 Å². The van der Waals surface area contributed by atoms with Crippen LogP contribution in [0.25, 0.3) is 0 Å². The molecule has 0 aromatic carbocycles. The van der Waals surface area contributed by atoms with E-state index >= 15 is 0 Å². The average molecular weight is 170 g/mol. The molecule has 0 fully saturated rings. The van der Waals surface area contributed by atoms with Crippen molar-refractivity contribution in [2.24, 2.45) is 5.73 Å². The van der Waals surface area contributed by atoms with E-state index in [9.17, 15) is 9.59 Å². The second kappa shape index (κ2) is 2.99. The Morgan fingerprint density at radius 3 is 2.67 bits per heavy atom. The summed E-state index contributed by atoms with van der Waals surface area (Å²) in [5.74, 6) is -1.88. The standard InChI is InChI=1S/C5H6N4O3/c6-3(10)1-2-4(5(11)12)8-9-7-2/h1H2,(H2,6,10)(H,11,12)(H,7,8,9). The third-order valence-electron chi connectivity index (χ3n) is 1.16. The number of aromatic nitrogens is 3. The van der Waals surface area contributed by atoms with Gasteiger partial charge >= 0.3 is 5.97 Å². The van der Waals surface area contributed by atoms with Crippen LogP contribution in [0.15, 0.2) is 0 Å². The number of nitrogens with one attached hydrogen (secondary N) is 1. The first-order chi connectivity index (χ1) is 5.61. The molecule has 0 atom stereocenters. The van der Waals surface area contributed by atoms with Gasteiger partial charge in [-0.05, 0) is 0 Å². The molecule has 0 unspecified atom stereocenters. The van der Waals surface area contributed by atoms with E-state index in [4.69, 9.17) is 10.8 Å². The summed E-state index contributed by atoms with van der Waals surface area (Å²) in [6.07, 6.45) is -0.224. The van der Waals surface area contributed by atoms with Crippen molar-refractivity contribution in [2.45, 2.75) is 6.42 Å². The van der Waals surface area contributed by atoms with Gasteiger partial charge in [-0.3, -0.25) is 4.79 Å². The molecule has 1 amide bonds. The fourth-order valence-electron chi connectivity index (χ4n) is 0.712. The van der Waals surface area contributed by atoms with Crippen molar-refractivity contribution in [3.05, 3.63) is 11.4 Å². The van der Waals surface area contributed by atoms with Crippen molar-refractivity contribution in [1.82, 2.24) is 15.4 Å². The van der Waals surface area contributed by atoms with E-state index in [2.05, 4.69) is 15.4 Å². The molecule has 1 aromatic heterocycles. The van der Waals surface area contributed by atoms with E-state index in [1.165, 1.54) is 0 Å². The molecular formula is C5H6N4O3. The van der Waals surface area contributed by atoms with Crippen molar-refractivity contribution >= 4 is 11.9 Å². The van der Waals surface area contributed by atoms with Gasteiger partial charge in [-0.1, -0.05) is 0 Å². The topological polar surface area (TPSA) is 122 Å². The highest BCUT2D eigenvalue weighted by atomic mass is 16.4. The number of carbonyl (C=O) groups is 2. The Bertz CT molecular complexity index is 318. The van der Waals surface area contributed by atoms with Gasteiger partial charge in [0.25, 0.3) is 0 Å². The third kappa shape index (κ3) is 1.57. The number of carboxylic acids is 1. The maximum atomic E-state index is 10.4. The van der Waals surface area contributed by atoms with Crippen LogP contribution in [0, 0.1) is 0 Å². The maximum Gasteiger partial charge on any atom is 0.358 e. The maximum absolute atomic E-state index is 10.4. The number of aromatic carboxylic acids is 1. The van der Waals surface area contributed by atoms with Crippen molar-refractivity contribution in [3.8, 4) is 0 Å². The molecule has 7 nitrogen and oxygen atoms in total. The largest absolute Gasteiger partial charge is 0.476 e. The van der Waals surface area contributed by atoms with Gasteiger partial charge in [0.05, 0.1) is 6.42 Å². The zero-order chi connectivity index (χ0) is 9.14. The minimum absolute atomic E-state index is 0.0509. The van der Waals surface area contributed by atoms with Gasteiger partial charge in [-0.15, -0.1) is 5.10 Å². The molecule has 0 spiro atoms. The second-order valence-corrected chi connectivity index (χ2v) is 2.07. The molecule has 1 heterocycles. The Kier molecular flexibility index (Phi) is 2.04. The number of H-pyrrole nitrogens is 1. The lowest BCUT2D eigenvalue weighted by Gasteiger charge is -1.90. The van der Waals surface area contributed by atoms with E-state index in [-0.39, 0.29) is 17.8 Å². The van der Waals surface area contributed by atoms with Crippen molar-refractivity contribution < 1.29 is 14.7 Å². The molecule has 0 aliphatic heterocycles. The summed E-state index contributed by atoms with van der Waals surface area (Å²) in [4.78, 5) is 20.8. The van der Waals surface area contributed by atoms with Crippen molar-refractivity contribution in [3.63, 3.8) is 0 Å². The van der Waals surface area contributed by atoms with Crippen LogP contribution in [-0.4, -0.2) is 32.4 Å². The average Bonchev–Trinajstić information content (AvgIpc) is 2.33. The predicted octanol–water partition coefficient (Wildman–Crippen LogP) is -1.47. The molecule has 0 aliphatic carbocycles. The highest BCUT2D eigenvalue weighted by Gasteiger charge is 2.16. The summed E-state index contributed by atoms with van der Waals surface area (Å²) in [6, 6.07) is 0. The Morgan fingerprint density at radius 2 is 2.17 bits per heavy atom. The summed E-state index contributed by atoms with van der Waals surface area (Å²) in [6.45, 7) is 0. The van der Waals surface area contributed by atoms with Crippen molar-refractivity contribution in [2.75, 3.05) is 0 Å². The lowest BCUT2D eigenvalue weighted by Crippen LogP contribution is -2.16. The molecule has 64 valence electrons. The molecule has 0 radical (unpaired) electrons. The molecule has 0 saturated carbocycles. The number of carbonyl (C=O) groups excluding carboxylic acids is 1. The molecule has 7 heteroatoms. The normalized spacial score (nSPS) is 9.67. The molecule has 0 saturated heterocycles. The molecule has 4 N–H and O–H groups in total. The molecule has 1 rings (SSSR count). The zero-order valence-electron chi connectivity index (χ0n) is 5.94. The minimum atomic E-state index is -1.24. The summed E-state index contributed by atoms with van der Waals surface area (Å²) in [5, 5.41) is 17.4. The van der Waals surface area contributed by atoms with Crippen LogP contribution in [-0.2, 0) is 11.2 Å². The third-order valence-corrected chi connectivity index (χ3v) is 1.16. The van der Waals surface area contributed by atoms with E-state index in [1.54, 1.807) is 0 Å². The number of primary amides is 1. The lowest BCUT2D eigenvalue weighted by atomic mass is 10.2. The van der Waals surface area contributed by atoms with Crippen molar-refractivity contribution in [1.29, 1.82) is 0 Å². The Labute approximate surface area is 66.6 Å². The minimum Gasteiger partial charge on any atom is -0.476 e. The lowest BCUT2D eigenvalue weighted by molar-refractivity contribution is -0.117. The van der Waals surface area contributed by atoms with Crippen LogP contribution in [0.5, 0.6) is 0 Å². The van der Waals surface area contributed by atoms with Crippen LogP contribution < -0.4 is 5.73 Å². The monoisotopic (exact) mass is 170 g/mol. The Morgan fingerprint density at radius 1 is 1.50 bits per heavy atom. The first-order valence-corrected chi connectivity index (χ1v) is 3.02. The SMILES string of the molecule is NC(=O)Cc1n[nH]nc1C(=O)O. The van der Waals surface area contributed by atoms with Gasteiger partial charge in [0.2, 0.25) is 5.91 Å². The van der Waals surface area contributed by atoms with E-state index in [0.717, 1.165) is 0 Å². The van der Waals surface area contributed by atoms with Crippen LogP contribution in [0.4, 0.5) is 0 Å². The molecule has 12 heavy (non-hydrogen) atoms. The van der Waals surface area contributed by atoms with E-state index < -0.39 is 11.9 Å². The molecule has 1 aromatic rings. The van der Waals surface area contributed by atoms with Crippen LogP contribution >= 0.6 is 0 Å². The number of aromatic amines is 1. The second-order valence-electron chi connectivity index (χ2n) is 2.07.